The number of imidazole rings is 1. The number of nitrogens with one attached hydrogen (secondary N) is 1. The predicted molar refractivity (Wildman–Crippen MR) is 111 cm³/mol. The fourth-order valence-corrected chi connectivity index (χ4v) is 3.80. The summed E-state index contributed by atoms with van der Waals surface area (Å²) >= 11 is 0. The normalized spacial score (nSPS) is 11.9. The summed E-state index contributed by atoms with van der Waals surface area (Å²) in [5.41, 5.74) is 3.27. The molecule has 2 heterocycles. The first-order valence-corrected chi connectivity index (χ1v) is 9.83. The Hall–Kier alpha value is -3.32. The molecule has 1 N–H and O–H groups in total. The van der Waals surface area contributed by atoms with E-state index in [1.54, 1.807) is 31.4 Å². The van der Waals surface area contributed by atoms with Gasteiger partial charge < -0.3 is 27.2 Å². The maximum Gasteiger partial charge on any atom is 0.337 e. The van der Waals surface area contributed by atoms with Crippen LogP contribution in [-0.4, -0.2) is 30.7 Å². The van der Waals surface area contributed by atoms with E-state index < -0.39 is 5.97 Å². The maximum absolute atomic E-state index is 12.6. The molecule has 0 aliphatic carbocycles. The third-order valence-corrected chi connectivity index (χ3v) is 5.28. The van der Waals surface area contributed by atoms with Crippen LogP contribution in [-0.2, 0) is 29.0 Å². The number of fused-ring (bicyclic) bond motifs is 1. The summed E-state index contributed by atoms with van der Waals surface area (Å²) in [6, 6.07) is 14.6. The Bertz CT molecular complexity index is 1080. The fraction of sp³-hybridized carbons (Fsp3) is 0.261. The Morgan fingerprint density at radius 2 is 1.77 bits per heavy atom. The first-order chi connectivity index (χ1) is 14.6. The monoisotopic (exact) mass is 441 g/mol. The largest absolute Gasteiger partial charge is 1.00 e. The third-order valence-electron chi connectivity index (χ3n) is 5.28. The number of hydrogen-bond acceptors (Lipinski definition) is 4. The average Bonchev–Trinajstić information content (AvgIpc) is 3.38. The van der Waals surface area contributed by atoms with E-state index in [0.717, 1.165) is 42.2 Å². The number of nitrogens with zero attached hydrogens (tertiary/aromatic N) is 2. The van der Waals surface area contributed by atoms with E-state index in [-0.39, 0.29) is 24.9 Å². The highest BCUT2D eigenvalue weighted by Gasteiger charge is 2.29. The van der Waals surface area contributed by atoms with Gasteiger partial charge in [0.25, 0.3) is 11.7 Å². The van der Waals surface area contributed by atoms with Crippen LogP contribution in [0.1, 0.15) is 22.6 Å². The molecular formula is C23H24ClN3O4. The number of esters is 1. The van der Waals surface area contributed by atoms with Gasteiger partial charge in [0.05, 0.1) is 32.7 Å². The van der Waals surface area contributed by atoms with Crippen molar-refractivity contribution in [1.82, 2.24) is 4.57 Å². The van der Waals surface area contributed by atoms with Gasteiger partial charge in [0.15, 0.2) is 12.2 Å². The molecule has 0 atom stereocenters. The van der Waals surface area contributed by atoms with Gasteiger partial charge in [-0.2, -0.15) is 0 Å². The van der Waals surface area contributed by atoms with Crippen LogP contribution in [0.25, 0.3) is 11.3 Å². The van der Waals surface area contributed by atoms with Gasteiger partial charge in [-0.25, -0.2) is 13.9 Å². The number of ether oxygens (including phenoxy) is 2. The topological polar surface area (TPSA) is 73.4 Å². The molecule has 2 aromatic carbocycles. The van der Waals surface area contributed by atoms with Crippen molar-refractivity contribution in [3.8, 4) is 17.0 Å². The lowest BCUT2D eigenvalue weighted by molar-refractivity contribution is -0.690. The molecule has 0 saturated carbocycles. The van der Waals surface area contributed by atoms with E-state index in [1.807, 2.05) is 35.0 Å². The molecule has 1 aliphatic heterocycles. The molecule has 4 rings (SSSR count). The molecule has 0 radical (unpaired) electrons. The predicted octanol–water partition coefficient (Wildman–Crippen LogP) is -0.173. The van der Waals surface area contributed by atoms with Crippen LogP contribution < -0.4 is 27.0 Å². The van der Waals surface area contributed by atoms with Crippen LogP contribution in [0.15, 0.2) is 54.7 Å². The Kier molecular flexibility index (Phi) is 6.97. The minimum Gasteiger partial charge on any atom is -1.00 e. The number of carbonyl (C=O) groups is 2. The summed E-state index contributed by atoms with van der Waals surface area (Å²) in [5.74, 6) is 1.45. The zero-order chi connectivity index (χ0) is 21.1. The molecule has 31 heavy (non-hydrogen) atoms. The summed E-state index contributed by atoms with van der Waals surface area (Å²) < 4.78 is 14.2. The highest BCUT2D eigenvalue weighted by Crippen LogP contribution is 2.26. The van der Waals surface area contributed by atoms with Crippen molar-refractivity contribution < 1.29 is 36.0 Å². The molecule has 0 fully saturated rings. The summed E-state index contributed by atoms with van der Waals surface area (Å²) in [6.45, 7) is 1.17. The van der Waals surface area contributed by atoms with Crippen molar-refractivity contribution in [3.63, 3.8) is 0 Å². The summed E-state index contributed by atoms with van der Waals surface area (Å²) in [6.07, 6.45) is 4.05. The van der Waals surface area contributed by atoms with Crippen LogP contribution in [0.2, 0.25) is 0 Å². The maximum atomic E-state index is 12.6. The second kappa shape index (κ2) is 9.66. The van der Waals surface area contributed by atoms with Gasteiger partial charge in [-0.15, -0.1) is 0 Å². The quantitative estimate of drug-likeness (QED) is 0.426. The van der Waals surface area contributed by atoms with Crippen molar-refractivity contribution in [1.29, 1.82) is 0 Å². The summed E-state index contributed by atoms with van der Waals surface area (Å²) in [7, 11) is 2.99. The van der Waals surface area contributed by atoms with Crippen molar-refractivity contribution in [2.75, 3.05) is 19.5 Å². The van der Waals surface area contributed by atoms with Crippen molar-refractivity contribution in [2.24, 2.45) is 0 Å². The lowest BCUT2D eigenvalue weighted by atomic mass is 10.1. The zero-order valence-corrected chi connectivity index (χ0v) is 18.2. The molecule has 1 aromatic heterocycles. The first-order valence-electron chi connectivity index (χ1n) is 9.83. The average molecular weight is 442 g/mol. The standard InChI is InChI=1S/C23H23N3O4.ClH/c1-29-19-11-7-16(8-12-19)20-14-25(22-4-3-13-26(20)22)15-21(27)24-18-9-5-17(6-10-18)23(28)30-2;/h5-12,14H,3-4,13,15H2,1-2H3;1H. The highest BCUT2D eigenvalue weighted by molar-refractivity contribution is 5.92. The molecule has 7 nitrogen and oxygen atoms in total. The Balaban J connectivity index is 0.00000272. The Morgan fingerprint density at radius 1 is 1.06 bits per heavy atom. The second-order valence-corrected chi connectivity index (χ2v) is 7.16. The van der Waals surface area contributed by atoms with E-state index >= 15 is 0 Å². The lowest BCUT2D eigenvalue weighted by Crippen LogP contribution is -3.00. The molecule has 0 saturated heterocycles. The van der Waals surface area contributed by atoms with E-state index in [9.17, 15) is 9.59 Å². The van der Waals surface area contributed by atoms with Gasteiger partial charge in [-0.1, -0.05) is 0 Å². The van der Waals surface area contributed by atoms with Crippen LogP contribution in [0.5, 0.6) is 5.75 Å². The van der Waals surface area contributed by atoms with E-state index in [4.69, 9.17) is 9.47 Å². The van der Waals surface area contributed by atoms with Crippen molar-refractivity contribution in [2.45, 2.75) is 25.9 Å². The highest BCUT2D eigenvalue weighted by atomic mass is 35.5. The number of carbonyl (C=O) groups excluding carboxylic acids is 2. The smallest absolute Gasteiger partial charge is 0.337 e. The first kappa shape index (κ1) is 22.4. The minimum absolute atomic E-state index is 0. The number of aromatic nitrogens is 2. The third kappa shape index (κ3) is 4.72. The van der Waals surface area contributed by atoms with E-state index in [2.05, 4.69) is 9.88 Å². The van der Waals surface area contributed by atoms with Gasteiger partial charge in [0, 0.05) is 11.3 Å². The fourth-order valence-electron chi connectivity index (χ4n) is 3.80. The number of halogens is 1. The van der Waals surface area contributed by atoms with Gasteiger partial charge in [0.1, 0.15) is 11.9 Å². The van der Waals surface area contributed by atoms with Gasteiger partial charge in [-0.3, -0.25) is 4.79 Å². The molecule has 0 spiro atoms. The summed E-state index contributed by atoms with van der Waals surface area (Å²) in [4.78, 5) is 24.2. The molecular weight excluding hydrogens is 418 g/mol. The lowest BCUT2D eigenvalue weighted by Gasteiger charge is -2.05. The van der Waals surface area contributed by atoms with Gasteiger partial charge in [0.2, 0.25) is 0 Å². The molecule has 162 valence electrons. The molecule has 1 aliphatic rings. The van der Waals surface area contributed by atoms with E-state index in [0.29, 0.717) is 11.3 Å². The number of anilines is 1. The van der Waals surface area contributed by atoms with Crippen molar-refractivity contribution in [3.05, 3.63) is 66.1 Å². The molecule has 3 aromatic rings. The van der Waals surface area contributed by atoms with Crippen LogP contribution in [0, 0.1) is 0 Å². The molecule has 1 amide bonds. The van der Waals surface area contributed by atoms with E-state index in [1.165, 1.54) is 7.11 Å². The molecule has 0 bridgehead atoms. The van der Waals surface area contributed by atoms with Crippen LogP contribution in [0.4, 0.5) is 5.69 Å². The van der Waals surface area contributed by atoms with Crippen LogP contribution >= 0.6 is 0 Å². The number of methoxy groups -OCH3 is 2. The van der Waals surface area contributed by atoms with Gasteiger partial charge >= 0.3 is 5.97 Å². The summed E-state index contributed by atoms with van der Waals surface area (Å²) in [5, 5.41) is 2.89. The second-order valence-electron chi connectivity index (χ2n) is 7.16. The Morgan fingerprint density at radius 3 is 2.42 bits per heavy atom. The number of amides is 1. The zero-order valence-electron chi connectivity index (χ0n) is 17.4. The Labute approximate surface area is 187 Å². The number of rotatable bonds is 6. The molecule has 8 heteroatoms. The minimum atomic E-state index is -0.404. The SMILES string of the molecule is COC(=O)c1ccc(NC(=O)C[n+]2cc(-c3ccc(OC)cc3)n3c2CCC3)cc1.[Cl-]. The van der Waals surface area contributed by atoms with Gasteiger partial charge in [-0.05, 0) is 55.0 Å². The van der Waals surface area contributed by atoms with Crippen molar-refractivity contribution >= 4 is 17.6 Å². The number of benzene rings is 2. The van der Waals surface area contributed by atoms with Crippen LogP contribution in [0.3, 0.4) is 0 Å². The number of hydrogen-bond donors (Lipinski definition) is 1. The molecule has 0 unspecified atom stereocenters.